The second-order valence-corrected chi connectivity index (χ2v) is 9.17. The number of halogens is 2. The number of aromatic nitrogens is 1. The molecule has 198 valence electrons. The first-order valence-corrected chi connectivity index (χ1v) is 12.4. The van der Waals surface area contributed by atoms with E-state index >= 15 is 0 Å². The number of amides is 1. The molecule has 1 amide bonds. The van der Waals surface area contributed by atoms with Crippen LogP contribution in [0.4, 0.5) is 5.69 Å². The molecule has 39 heavy (non-hydrogen) atoms. The molecule has 0 aliphatic rings. The minimum absolute atomic E-state index is 0.341. The molecule has 5 aromatic rings. The van der Waals surface area contributed by atoms with Gasteiger partial charge in [-0.15, -0.1) is 0 Å². The first kappa shape index (κ1) is 26.2. The van der Waals surface area contributed by atoms with Gasteiger partial charge in [0.2, 0.25) is 17.5 Å². The summed E-state index contributed by atoms with van der Waals surface area (Å²) in [7, 11) is 4.61. The molecule has 0 unspecified atom stereocenters. The molecule has 3 aromatic carbocycles. The molecule has 0 saturated carbocycles. The van der Waals surface area contributed by atoms with Gasteiger partial charge in [0.1, 0.15) is 17.0 Å². The molecule has 2 aromatic heterocycles. The Hall–Kier alpha value is -4.40. The van der Waals surface area contributed by atoms with Crippen molar-refractivity contribution in [3.63, 3.8) is 0 Å². The first-order valence-electron chi connectivity index (χ1n) is 11.6. The van der Waals surface area contributed by atoms with Crippen molar-refractivity contribution in [2.24, 2.45) is 0 Å². The lowest BCUT2D eigenvalue weighted by Crippen LogP contribution is -2.07. The number of anilines is 1. The van der Waals surface area contributed by atoms with Crippen LogP contribution in [0.2, 0.25) is 10.0 Å². The lowest BCUT2D eigenvalue weighted by atomic mass is 10.2. The molecule has 0 aliphatic carbocycles. The van der Waals surface area contributed by atoms with Crippen LogP contribution in [0, 0.1) is 0 Å². The van der Waals surface area contributed by atoms with E-state index in [1.54, 1.807) is 66.7 Å². The number of oxazole rings is 1. The van der Waals surface area contributed by atoms with Gasteiger partial charge in [0.25, 0.3) is 0 Å². The van der Waals surface area contributed by atoms with Crippen molar-refractivity contribution in [2.75, 3.05) is 26.6 Å². The van der Waals surface area contributed by atoms with Crippen molar-refractivity contribution in [3.8, 4) is 40.0 Å². The van der Waals surface area contributed by atoms with E-state index in [0.717, 1.165) is 5.56 Å². The first-order chi connectivity index (χ1) is 18.9. The Labute approximate surface area is 233 Å². The third-order valence-electron chi connectivity index (χ3n) is 5.74. The number of nitrogens with one attached hydrogen (secondary N) is 1. The number of ether oxygens (including phenoxy) is 3. The van der Waals surface area contributed by atoms with E-state index in [9.17, 15) is 4.79 Å². The molecular weight excluding hydrogens is 543 g/mol. The Morgan fingerprint density at radius 3 is 2.23 bits per heavy atom. The fourth-order valence-corrected chi connectivity index (χ4v) is 4.49. The van der Waals surface area contributed by atoms with Crippen LogP contribution in [-0.2, 0) is 4.79 Å². The lowest BCUT2D eigenvalue weighted by Gasteiger charge is -2.12. The number of fused-ring (bicyclic) bond motifs is 1. The lowest BCUT2D eigenvalue weighted by molar-refractivity contribution is -0.111. The highest BCUT2D eigenvalue weighted by Crippen LogP contribution is 2.41. The Kier molecular flexibility index (Phi) is 7.49. The summed E-state index contributed by atoms with van der Waals surface area (Å²) in [6.45, 7) is 0. The zero-order chi connectivity index (χ0) is 27.5. The summed E-state index contributed by atoms with van der Waals surface area (Å²) >= 11 is 12.1. The van der Waals surface area contributed by atoms with Crippen LogP contribution in [0.3, 0.4) is 0 Å². The van der Waals surface area contributed by atoms with Crippen LogP contribution in [0.15, 0.2) is 75.6 Å². The smallest absolute Gasteiger partial charge is 0.248 e. The number of carbonyl (C=O) groups excluding carboxylic acids is 1. The minimum Gasteiger partial charge on any atom is -0.493 e. The van der Waals surface area contributed by atoms with E-state index in [-0.39, 0.29) is 5.91 Å². The van der Waals surface area contributed by atoms with Crippen molar-refractivity contribution in [2.45, 2.75) is 0 Å². The molecule has 8 nitrogen and oxygen atoms in total. The van der Waals surface area contributed by atoms with Gasteiger partial charge < -0.3 is 28.4 Å². The molecule has 0 fully saturated rings. The number of methoxy groups -OCH3 is 3. The van der Waals surface area contributed by atoms with Crippen LogP contribution >= 0.6 is 23.2 Å². The zero-order valence-corrected chi connectivity index (χ0v) is 22.6. The van der Waals surface area contributed by atoms with E-state index in [4.69, 9.17) is 46.2 Å². The summed E-state index contributed by atoms with van der Waals surface area (Å²) in [6.07, 6.45) is 2.95. The number of carbonyl (C=O) groups is 1. The summed E-state index contributed by atoms with van der Waals surface area (Å²) in [5.41, 5.74) is 3.05. The van der Waals surface area contributed by atoms with Crippen LogP contribution in [0.5, 0.6) is 17.2 Å². The van der Waals surface area contributed by atoms with E-state index in [0.29, 0.717) is 67.1 Å². The van der Waals surface area contributed by atoms with Gasteiger partial charge in [-0.05, 0) is 66.7 Å². The fraction of sp³-hybridized carbons (Fsp3) is 0.103. The van der Waals surface area contributed by atoms with E-state index in [2.05, 4.69) is 10.3 Å². The molecule has 0 saturated heterocycles. The van der Waals surface area contributed by atoms with Crippen molar-refractivity contribution in [3.05, 3.63) is 82.5 Å². The molecular formula is C29H22Cl2N2O6. The quantitative estimate of drug-likeness (QED) is 0.192. The van der Waals surface area contributed by atoms with Crippen molar-refractivity contribution >= 4 is 52.0 Å². The number of rotatable bonds is 8. The van der Waals surface area contributed by atoms with Crippen LogP contribution in [-0.4, -0.2) is 32.2 Å². The number of hydrogen-bond donors (Lipinski definition) is 1. The average Bonchev–Trinajstić information content (AvgIpc) is 3.57. The Bertz CT molecular complexity index is 1660. The van der Waals surface area contributed by atoms with Crippen molar-refractivity contribution < 1.29 is 27.8 Å². The van der Waals surface area contributed by atoms with Crippen molar-refractivity contribution in [1.29, 1.82) is 0 Å². The Morgan fingerprint density at radius 2 is 1.56 bits per heavy atom. The maximum atomic E-state index is 12.6. The second-order valence-electron chi connectivity index (χ2n) is 8.30. The monoisotopic (exact) mass is 564 g/mol. The predicted molar refractivity (Wildman–Crippen MR) is 151 cm³/mol. The second kappa shape index (κ2) is 11.1. The maximum Gasteiger partial charge on any atom is 0.248 e. The van der Waals surface area contributed by atoms with Gasteiger partial charge in [-0.3, -0.25) is 4.79 Å². The standard InChI is InChI=1S/C29H22Cl2N2O6/c1-35-25-12-17(13-26(36-2)28(25)37-3)29-33-22-15-20(4-7-24(22)39-29)32-27(34)9-6-21-5-8-23(38-21)16-10-18(30)14-19(31)11-16/h4-15H,1-3H3,(H,32,34)/b9-6+. The molecule has 2 heterocycles. The van der Waals surface area contributed by atoms with Crippen LogP contribution < -0.4 is 19.5 Å². The van der Waals surface area contributed by atoms with Crippen molar-refractivity contribution in [1.82, 2.24) is 4.98 Å². The van der Waals surface area contributed by atoms with Gasteiger partial charge in [-0.1, -0.05) is 23.2 Å². The normalized spacial score (nSPS) is 11.2. The van der Waals surface area contributed by atoms with Gasteiger partial charge in [-0.2, -0.15) is 0 Å². The Morgan fingerprint density at radius 1 is 0.846 bits per heavy atom. The molecule has 1 N–H and O–H groups in total. The fourth-order valence-electron chi connectivity index (χ4n) is 3.97. The Balaban J connectivity index is 1.31. The summed E-state index contributed by atoms with van der Waals surface area (Å²) in [5.74, 6) is 2.53. The minimum atomic E-state index is -0.341. The highest BCUT2D eigenvalue weighted by Gasteiger charge is 2.17. The van der Waals surface area contributed by atoms with Gasteiger partial charge in [0.05, 0.1) is 21.3 Å². The average molecular weight is 565 g/mol. The summed E-state index contributed by atoms with van der Waals surface area (Å²) in [6, 6.07) is 17.4. The number of nitrogens with zero attached hydrogens (tertiary/aromatic N) is 1. The van der Waals surface area contributed by atoms with Gasteiger partial charge in [0.15, 0.2) is 17.1 Å². The maximum absolute atomic E-state index is 12.6. The number of furan rings is 1. The molecule has 0 atom stereocenters. The summed E-state index contributed by atoms with van der Waals surface area (Å²) < 4.78 is 27.9. The highest BCUT2D eigenvalue weighted by atomic mass is 35.5. The third kappa shape index (κ3) is 5.72. The molecule has 0 spiro atoms. The SMILES string of the molecule is COc1cc(-c2nc3cc(NC(=O)/C=C/c4ccc(-c5cc(Cl)cc(Cl)c5)o4)ccc3o2)cc(OC)c1OC. The van der Waals surface area contributed by atoms with Crippen LogP contribution in [0.25, 0.3) is 40.0 Å². The van der Waals surface area contributed by atoms with E-state index in [1.165, 1.54) is 27.4 Å². The topological polar surface area (TPSA) is 96.0 Å². The molecule has 10 heteroatoms. The summed E-state index contributed by atoms with van der Waals surface area (Å²) in [5, 5.41) is 3.83. The molecule has 5 rings (SSSR count). The zero-order valence-electron chi connectivity index (χ0n) is 21.1. The van der Waals surface area contributed by atoms with Gasteiger partial charge in [0, 0.05) is 32.9 Å². The van der Waals surface area contributed by atoms with E-state index in [1.807, 2.05) is 0 Å². The van der Waals surface area contributed by atoms with E-state index < -0.39 is 0 Å². The molecule has 0 bridgehead atoms. The number of hydrogen-bond acceptors (Lipinski definition) is 7. The van der Waals surface area contributed by atoms with Crippen LogP contribution in [0.1, 0.15) is 5.76 Å². The molecule has 0 aliphatic heterocycles. The predicted octanol–water partition coefficient (Wildman–Crippen LogP) is 7.74. The third-order valence-corrected chi connectivity index (χ3v) is 6.18. The summed E-state index contributed by atoms with van der Waals surface area (Å²) in [4.78, 5) is 17.1. The van der Waals surface area contributed by atoms with Gasteiger partial charge >= 0.3 is 0 Å². The van der Waals surface area contributed by atoms with Gasteiger partial charge in [-0.25, -0.2) is 4.98 Å². The largest absolute Gasteiger partial charge is 0.493 e. The molecule has 0 radical (unpaired) electrons. The highest BCUT2D eigenvalue weighted by molar-refractivity contribution is 6.35. The number of benzene rings is 3.